The van der Waals surface area contributed by atoms with Crippen molar-refractivity contribution in [3.05, 3.63) is 72.3 Å². The highest BCUT2D eigenvalue weighted by molar-refractivity contribution is 6.09. The van der Waals surface area contributed by atoms with E-state index in [1.165, 1.54) is 28.3 Å². The third-order valence-electron chi connectivity index (χ3n) is 5.33. The van der Waals surface area contributed by atoms with Crippen LogP contribution in [-0.2, 0) is 0 Å². The van der Waals surface area contributed by atoms with Gasteiger partial charge in [-0.15, -0.1) is 0 Å². The van der Waals surface area contributed by atoms with Crippen molar-refractivity contribution in [3.8, 4) is 11.4 Å². The summed E-state index contributed by atoms with van der Waals surface area (Å²) < 4.78 is 2.26. The molecule has 24 heavy (non-hydrogen) atoms. The number of rotatable bonds is 2. The maximum atomic E-state index is 10.0. The molecule has 0 spiro atoms. The summed E-state index contributed by atoms with van der Waals surface area (Å²) in [6.45, 7) is 2.32. The summed E-state index contributed by atoms with van der Waals surface area (Å²) in [6, 6.07) is 22.9. The largest absolute Gasteiger partial charge is 0.508 e. The van der Waals surface area contributed by atoms with Crippen LogP contribution in [0.2, 0.25) is 0 Å². The fourth-order valence-electron chi connectivity index (χ4n) is 3.90. The first kappa shape index (κ1) is 13.7. The van der Waals surface area contributed by atoms with Crippen LogP contribution in [0.25, 0.3) is 27.5 Å². The van der Waals surface area contributed by atoms with Gasteiger partial charge in [-0.05, 0) is 54.2 Å². The van der Waals surface area contributed by atoms with Gasteiger partial charge >= 0.3 is 0 Å². The maximum Gasteiger partial charge on any atom is 0.117 e. The van der Waals surface area contributed by atoms with Crippen LogP contribution in [0.1, 0.15) is 24.8 Å². The lowest BCUT2D eigenvalue weighted by molar-refractivity contribution is 0.476. The minimum absolute atomic E-state index is 0.304. The zero-order valence-electron chi connectivity index (χ0n) is 13.6. The predicted octanol–water partition coefficient (Wildman–Crippen LogP) is 5.61. The molecule has 1 aliphatic rings. The summed E-state index contributed by atoms with van der Waals surface area (Å²) in [7, 11) is 0. The van der Waals surface area contributed by atoms with E-state index >= 15 is 0 Å². The number of nitrogens with zero attached hydrogens (tertiary/aromatic N) is 1. The number of phenols is 1. The third kappa shape index (κ3) is 1.96. The van der Waals surface area contributed by atoms with Gasteiger partial charge in [-0.3, -0.25) is 0 Å². The van der Waals surface area contributed by atoms with E-state index in [2.05, 4.69) is 54.0 Å². The van der Waals surface area contributed by atoms with E-state index in [4.69, 9.17) is 0 Å². The van der Waals surface area contributed by atoms with Crippen LogP contribution in [0, 0.1) is 5.92 Å². The molecule has 2 heteroatoms. The number of hydrogen-bond acceptors (Lipinski definition) is 1. The van der Waals surface area contributed by atoms with Crippen molar-refractivity contribution in [3.63, 3.8) is 0 Å². The van der Waals surface area contributed by atoms with Crippen LogP contribution in [0.3, 0.4) is 0 Å². The highest BCUT2D eigenvalue weighted by atomic mass is 16.3. The molecule has 118 valence electrons. The Kier molecular flexibility index (Phi) is 2.78. The molecule has 3 aromatic carbocycles. The second-order valence-electron chi connectivity index (χ2n) is 6.97. The van der Waals surface area contributed by atoms with E-state index in [0.29, 0.717) is 11.7 Å². The Bertz CT molecular complexity index is 1060. The number of aromatic hydroxyl groups is 1. The van der Waals surface area contributed by atoms with Crippen LogP contribution in [-0.4, -0.2) is 9.67 Å². The Labute approximate surface area is 141 Å². The third-order valence-corrected chi connectivity index (χ3v) is 5.33. The molecule has 4 aromatic rings. The molecular weight excluding hydrogens is 294 g/mol. The van der Waals surface area contributed by atoms with Crippen LogP contribution in [0.4, 0.5) is 0 Å². The number of fused-ring (bicyclic) bond motifs is 3. The van der Waals surface area contributed by atoms with Crippen molar-refractivity contribution in [2.24, 2.45) is 5.92 Å². The van der Waals surface area contributed by atoms with Crippen LogP contribution >= 0.6 is 0 Å². The van der Waals surface area contributed by atoms with E-state index in [0.717, 1.165) is 17.1 Å². The Morgan fingerprint density at radius 2 is 1.54 bits per heavy atom. The van der Waals surface area contributed by atoms with Crippen molar-refractivity contribution >= 4 is 21.8 Å². The number of benzene rings is 3. The fourth-order valence-corrected chi connectivity index (χ4v) is 3.90. The summed E-state index contributed by atoms with van der Waals surface area (Å²) in [5, 5.41) is 12.4. The van der Waals surface area contributed by atoms with E-state index in [1.807, 2.05) is 18.2 Å². The summed E-state index contributed by atoms with van der Waals surface area (Å²) >= 11 is 0. The van der Waals surface area contributed by atoms with Gasteiger partial charge in [-0.1, -0.05) is 37.3 Å². The summed E-state index contributed by atoms with van der Waals surface area (Å²) in [4.78, 5) is 0. The monoisotopic (exact) mass is 313 g/mol. The smallest absolute Gasteiger partial charge is 0.117 e. The fraction of sp³-hybridized carbons (Fsp3) is 0.182. The van der Waals surface area contributed by atoms with Gasteiger partial charge < -0.3 is 9.67 Å². The maximum absolute atomic E-state index is 10.0. The number of para-hydroxylation sites is 1. The molecule has 5 rings (SSSR count). The molecule has 0 radical (unpaired) electrons. The van der Waals surface area contributed by atoms with Gasteiger partial charge in [0, 0.05) is 22.5 Å². The molecule has 1 unspecified atom stereocenters. The van der Waals surface area contributed by atoms with Crippen LogP contribution < -0.4 is 0 Å². The first-order valence-electron chi connectivity index (χ1n) is 8.55. The summed E-state index contributed by atoms with van der Waals surface area (Å²) in [6.07, 6.45) is 1.29. The van der Waals surface area contributed by atoms with Crippen LogP contribution in [0.15, 0.2) is 66.7 Å². The molecule has 0 bridgehead atoms. The number of hydrogen-bond donors (Lipinski definition) is 1. The quantitative estimate of drug-likeness (QED) is 0.511. The van der Waals surface area contributed by atoms with Crippen molar-refractivity contribution in [1.29, 1.82) is 0 Å². The topological polar surface area (TPSA) is 25.2 Å². The second-order valence-corrected chi connectivity index (χ2v) is 6.97. The Morgan fingerprint density at radius 1 is 0.875 bits per heavy atom. The van der Waals surface area contributed by atoms with E-state index < -0.39 is 0 Å². The first-order valence-corrected chi connectivity index (χ1v) is 8.55. The molecule has 0 aliphatic heterocycles. The highest BCUT2D eigenvalue weighted by Crippen LogP contribution is 2.48. The molecule has 2 atom stereocenters. The van der Waals surface area contributed by atoms with Crippen molar-refractivity contribution in [2.75, 3.05) is 0 Å². The molecule has 1 aliphatic carbocycles. The molecule has 1 N–H and O–H groups in total. The van der Waals surface area contributed by atoms with Gasteiger partial charge in [0.1, 0.15) is 5.75 Å². The van der Waals surface area contributed by atoms with Gasteiger partial charge in [0.2, 0.25) is 0 Å². The lowest BCUT2D eigenvalue weighted by atomic mass is 10.1. The molecule has 0 amide bonds. The average molecular weight is 313 g/mol. The average Bonchev–Trinajstić information content (AvgIpc) is 3.25. The van der Waals surface area contributed by atoms with E-state index in [9.17, 15) is 5.11 Å². The lowest BCUT2D eigenvalue weighted by Crippen LogP contribution is -1.93. The standard InChI is InChI=1S/C22H19NO/c1-14-11-20(14)15-7-9-18-19-10-8-17(24)13-22(19)23(21(18)12-15)16-5-3-2-4-6-16/h2-10,12-14,20,24H,11H2,1H3/t14?,20-/m1/s1. The second kappa shape index (κ2) is 4.88. The summed E-state index contributed by atoms with van der Waals surface area (Å²) in [5.41, 5.74) is 4.83. The molecule has 1 saturated carbocycles. The van der Waals surface area contributed by atoms with Crippen molar-refractivity contribution in [2.45, 2.75) is 19.3 Å². The van der Waals surface area contributed by atoms with Gasteiger partial charge in [0.25, 0.3) is 0 Å². The van der Waals surface area contributed by atoms with Crippen LogP contribution in [0.5, 0.6) is 5.75 Å². The minimum Gasteiger partial charge on any atom is -0.508 e. The van der Waals surface area contributed by atoms with Crippen molar-refractivity contribution in [1.82, 2.24) is 4.57 Å². The van der Waals surface area contributed by atoms with Gasteiger partial charge in [-0.25, -0.2) is 0 Å². The zero-order chi connectivity index (χ0) is 16.3. The Hall–Kier alpha value is -2.74. The number of phenolic OH excluding ortho intramolecular Hbond substituents is 1. The number of aromatic nitrogens is 1. The normalized spacial score (nSPS) is 19.9. The Morgan fingerprint density at radius 3 is 2.25 bits per heavy atom. The first-order chi connectivity index (χ1) is 11.7. The van der Waals surface area contributed by atoms with Gasteiger partial charge in [-0.2, -0.15) is 0 Å². The molecule has 1 heterocycles. The van der Waals surface area contributed by atoms with E-state index in [-0.39, 0.29) is 0 Å². The molecule has 0 saturated heterocycles. The summed E-state index contributed by atoms with van der Waals surface area (Å²) in [5.74, 6) is 1.80. The SMILES string of the molecule is CC1C[C@H]1c1ccc2c3ccc(O)cc3n(-c3ccccc3)c2c1. The molecule has 2 nitrogen and oxygen atoms in total. The zero-order valence-corrected chi connectivity index (χ0v) is 13.6. The predicted molar refractivity (Wildman–Crippen MR) is 99.0 cm³/mol. The van der Waals surface area contributed by atoms with Gasteiger partial charge in [0.05, 0.1) is 11.0 Å². The van der Waals surface area contributed by atoms with E-state index in [1.54, 1.807) is 6.07 Å². The highest BCUT2D eigenvalue weighted by Gasteiger charge is 2.34. The van der Waals surface area contributed by atoms with Gasteiger partial charge in [0.15, 0.2) is 0 Å². The lowest BCUT2D eigenvalue weighted by Gasteiger charge is -2.08. The van der Waals surface area contributed by atoms with Crippen molar-refractivity contribution < 1.29 is 5.11 Å². The minimum atomic E-state index is 0.304. The molecular formula is C22H19NO. The molecule has 1 aromatic heterocycles. The Balaban J connectivity index is 1.88. The molecule has 1 fully saturated rings.